The molecule has 14 heteroatoms. The van der Waals surface area contributed by atoms with Gasteiger partial charge in [-0.15, -0.1) is 47.0 Å². The predicted molar refractivity (Wildman–Crippen MR) is 348 cm³/mol. The zero-order chi connectivity index (χ0) is 56.5. The molecule has 0 aromatic heterocycles. The average molecular weight is 1170 g/mol. The molecular weight excluding hydrogens is 1040 g/mol. The van der Waals surface area contributed by atoms with Crippen LogP contribution >= 0.6 is 47.0 Å². The number of nitrogens with one attached hydrogen (secondary N) is 2. The second-order valence-electron chi connectivity index (χ2n) is 22.1. The third-order valence-electron chi connectivity index (χ3n) is 14.0. The van der Waals surface area contributed by atoms with E-state index in [0.717, 1.165) is 115 Å². The van der Waals surface area contributed by atoms with Crippen LogP contribution in [0.1, 0.15) is 279 Å². The first-order valence-corrected chi connectivity index (χ1v) is 35.8. The summed E-state index contributed by atoms with van der Waals surface area (Å²) in [5, 5.41) is 24.7. The Morgan fingerprint density at radius 3 is 0.766 bits per heavy atom. The third-order valence-corrected chi connectivity index (χ3v) is 19.7. The fourth-order valence-electron chi connectivity index (χ4n) is 9.19. The number of thioether (sulfide) groups is 4. The van der Waals surface area contributed by atoms with Crippen molar-refractivity contribution in [2.45, 2.75) is 300 Å². The van der Waals surface area contributed by atoms with Crippen molar-refractivity contribution in [1.82, 2.24) is 20.4 Å². The van der Waals surface area contributed by atoms with Crippen molar-refractivity contribution < 1.29 is 29.4 Å². The van der Waals surface area contributed by atoms with E-state index in [9.17, 15) is 29.4 Å². The van der Waals surface area contributed by atoms with Gasteiger partial charge in [0.15, 0.2) is 0 Å². The highest BCUT2D eigenvalue weighted by atomic mass is 32.2. The molecule has 4 N–H and O–H groups in total. The van der Waals surface area contributed by atoms with E-state index in [1.54, 1.807) is 0 Å². The Bertz CT molecular complexity index is 1190. The molecule has 0 aliphatic heterocycles. The lowest BCUT2D eigenvalue weighted by molar-refractivity contribution is -0.137. The number of carboxylic acids is 2. The molecule has 0 aliphatic carbocycles. The van der Waals surface area contributed by atoms with Gasteiger partial charge in [0.25, 0.3) is 0 Å². The van der Waals surface area contributed by atoms with E-state index in [0.29, 0.717) is 11.5 Å². The van der Waals surface area contributed by atoms with E-state index in [2.05, 4.69) is 76.3 Å². The maximum absolute atomic E-state index is 13.1. The Morgan fingerprint density at radius 2 is 0.545 bits per heavy atom. The Balaban J connectivity index is -0.00000147. The first-order valence-electron chi connectivity index (χ1n) is 31.6. The van der Waals surface area contributed by atoms with Crippen molar-refractivity contribution in [1.29, 1.82) is 0 Å². The van der Waals surface area contributed by atoms with Gasteiger partial charge in [-0.3, -0.25) is 19.2 Å². The SMILES string of the molecule is C.CCCCCCCCCCC(SCCSC(CCCCCCCCCC)C(=O)NCCCN(C)C)C(=O)NCCCN(C)C.CCCCCCCCCCC(SCCSC(CCCCCCCCCC)C(=O)O)C(=O)O. The number of hydrogen-bond donors (Lipinski definition) is 4. The van der Waals surface area contributed by atoms with Crippen LogP contribution in [0.4, 0.5) is 0 Å². The van der Waals surface area contributed by atoms with Crippen LogP contribution in [0.5, 0.6) is 0 Å². The summed E-state index contributed by atoms with van der Waals surface area (Å²) >= 11 is 6.59. The van der Waals surface area contributed by atoms with E-state index in [-0.39, 0.29) is 40.2 Å². The van der Waals surface area contributed by atoms with Crippen LogP contribution < -0.4 is 10.6 Å². The highest BCUT2D eigenvalue weighted by Gasteiger charge is 2.23. The van der Waals surface area contributed by atoms with Crippen molar-refractivity contribution in [2.24, 2.45) is 0 Å². The lowest BCUT2D eigenvalue weighted by Gasteiger charge is -2.19. The first-order chi connectivity index (χ1) is 36.8. The number of amides is 2. The van der Waals surface area contributed by atoms with Crippen LogP contribution in [0.15, 0.2) is 0 Å². The van der Waals surface area contributed by atoms with E-state index in [1.165, 1.54) is 190 Å². The van der Waals surface area contributed by atoms with Crippen LogP contribution in [-0.4, -0.2) is 142 Å². The zero-order valence-electron chi connectivity index (χ0n) is 50.9. The van der Waals surface area contributed by atoms with E-state index in [1.807, 2.05) is 23.5 Å². The molecule has 0 spiro atoms. The molecular formula is C63H128N4O6S4. The van der Waals surface area contributed by atoms with Gasteiger partial charge in [-0.1, -0.05) is 241 Å². The number of carbonyl (C=O) groups excluding carboxylic acids is 2. The molecule has 77 heavy (non-hydrogen) atoms. The number of rotatable bonds is 58. The zero-order valence-corrected chi connectivity index (χ0v) is 54.2. The van der Waals surface area contributed by atoms with Crippen molar-refractivity contribution in [3.8, 4) is 0 Å². The van der Waals surface area contributed by atoms with Crippen molar-refractivity contribution in [2.75, 3.05) is 77.4 Å². The molecule has 4 unspecified atom stereocenters. The minimum absolute atomic E-state index is 0. The van der Waals surface area contributed by atoms with Crippen LogP contribution in [0.2, 0.25) is 0 Å². The van der Waals surface area contributed by atoms with E-state index in [4.69, 9.17) is 0 Å². The van der Waals surface area contributed by atoms with Gasteiger partial charge in [-0.05, 0) is 79.8 Å². The largest absolute Gasteiger partial charge is 0.480 e. The summed E-state index contributed by atoms with van der Waals surface area (Å²) in [6.45, 7) is 12.4. The number of aliphatic carboxylic acids is 2. The minimum Gasteiger partial charge on any atom is -0.480 e. The summed E-state index contributed by atoms with van der Waals surface area (Å²) in [5.74, 6) is 2.21. The standard InChI is InChI=1S/C36H74N4O2S2.C26H50O4S2.CH4/c1-7-9-11-13-15-17-19-21-25-33(35(41)37-27-23-29-39(3)4)43-31-32-44-34(36(42)38-28-24-30-40(5)6)26-22-20-18-16-14-12-10-8-2;1-3-5-7-9-11-13-15-17-19-23(25(27)28)31-21-22-32-24(26(29)30)20-18-16-14-12-10-8-6-4-2;/h33-34H,7-32H2,1-6H3,(H,37,41)(H,38,42);23-24H,3-22H2,1-2H3,(H,27,28)(H,29,30);1H4. The molecule has 0 saturated carbocycles. The topological polar surface area (TPSA) is 139 Å². The molecule has 0 aromatic rings. The van der Waals surface area contributed by atoms with Crippen molar-refractivity contribution >= 4 is 70.8 Å². The molecule has 0 radical (unpaired) electrons. The van der Waals surface area contributed by atoms with Gasteiger partial charge in [-0.2, -0.15) is 0 Å². The van der Waals surface area contributed by atoms with Gasteiger partial charge in [0, 0.05) is 36.1 Å². The van der Waals surface area contributed by atoms with Gasteiger partial charge < -0.3 is 30.6 Å². The van der Waals surface area contributed by atoms with Crippen molar-refractivity contribution in [3.05, 3.63) is 0 Å². The van der Waals surface area contributed by atoms with Crippen LogP contribution in [0.25, 0.3) is 0 Å². The normalized spacial score (nSPS) is 12.9. The van der Waals surface area contributed by atoms with Crippen LogP contribution in [-0.2, 0) is 19.2 Å². The second kappa shape index (κ2) is 62.8. The summed E-state index contributed by atoms with van der Waals surface area (Å²) in [6, 6.07) is 0. The molecule has 0 saturated heterocycles. The number of carboxylic acid groups (broad SMARTS) is 2. The van der Waals surface area contributed by atoms with Gasteiger partial charge >= 0.3 is 11.9 Å². The molecule has 4 atom stereocenters. The number of nitrogens with zero attached hydrogens (tertiary/aromatic N) is 2. The molecule has 0 aliphatic rings. The second-order valence-corrected chi connectivity index (χ2v) is 27.3. The van der Waals surface area contributed by atoms with Gasteiger partial charge in [0.2, 0.25) is 11.8 Å². The fourth-order valence-corrected chi connectivity index (χ4v) is 14.0. The van der Waals surface area contributed by atoms with E-state index < -0.39 is 11.9 Å². The molecule has 460 valence electrons. The van der Waals surface area contributed by atoms with Crippen LogP contribution in [0.3, 0.4) is 0 Å². The molecule has 2 amide bonds. The maximum Gasteiger partial charge on any atom is 0.316 e. The minimum atomic E-state index is -0.725. The fraction of sp³-hybridized carbons (Fsp3) is 0.937. The summed E-state index contributed by atoms with van der Waals surface area (Å²) in [5.41, 5.74) is 0. The van der Waals surface area contributed by atoms with Gasteiger partial charge in [-0.25, -0.2) is 0 Å². The smallest absolute Gasteiger partial charge is 0.316 e. The first kappa shape index (κ1) is 80.4. The lowest BCUT2D eigenvalue weighted by Crippen LogP contribution is -2.35. The Labute approximate surface area is 495 Å². The van der Waals surface area contributed by atoms with Crippen molar-refractivity contribution in [3.63, 3.8) is 0 Å². The average Bonchev–Trinajstić information content (AvgIpc) is 3.39. The Kier molecular flexibility index (Phi) is 65.6. The highest BCUT2D eigenvalue weighted by molar-refractivity contribution is 8.04. The van der Waals surface area contributed by atoms with E-state index >= 15 is 0 Å². The van der Waals surface area contributed by atoms with Gasteiger partial charge in [0.05, 0.1) is 10.5 Å². The maximum atomic E-state index is 13.1. The number of carbonyl (C=O) groups is 4. The quantitative estimate of drug-likeness (QED) is 0.0431. The number of hydrogen-bond acceptors (Lipinski definition) is 10. The molecule has 0 heterocycles. The Hall–Kier alpha value is -0.800. The monoisotopic (exact) mass is 1160 g/mol. The molecule has 10 nitrogen and oxygen atoms in total. The molecule has 0 rings (SSSR count). The predicted octanol–water partition coefficient (Wildman–Crippen LogP) is 17.4. The third kappa shape index (κ3) is 58.2. The molecule has 0 bridgehead atoms. The number of unbranched alkanes of at least 4 members (excludes halogenated alkanes) is 28. The van der Waals surface area contributed by atoms with Crippen LogP contribution in [0, 0.1) is 0 Å². The lowest BCUT2D eigenvalue weighted by atomic mass is 10.1. The summed E-state index contributed by atoms with van der Waals surface area (Å²) in [7, 11) is 8.30. The van der Waals surface area contributed by atoms with Gasteiger partial charge in [0.1, 0.15) is 10.5 Å². The Morgan fingerprint density at radius 1 is 0.338 bits per heavy atom. The molecule has 0 fully saturated rings. The molecule has 0 aromatic carbocycles. The summed E-state index contributed by atoms with van der Waals surface area (Å²) < 4.78 is 0. The summed E-state index contributed by atoms with van der Waals surface area (Å²) in [4.78, 5) is 53.7. The summed E-state index contributed by atoms with van der Waals surface area (Å²) in [6.07, 6.45) is 45.4. The highest BCUT2D eigenvalue weighted by Crippen LogP contribution is 2.26.